The van der Waals surface area contributed by atoms with E-state index in [0.717, 1.165) is 12.5 Å². The van der Waals surface area contributed by atoms with Crippen molar-refractivity contribution >= 4 is 23.2 Å². The van der Waals surface area contributed by atoms with E-state index in [1.807, 2.05) is 18.2 Å². The lowest BCUT2D eigenvalue weighted by atomic mass is 10.1. The summed E-state index contributed by atoms with van der Waals surface area (Å²) in [5.74, 6) is 0. The van der Waals surface area contributed by atoms with Gasteiger partial charge in [-0.15, -0.1) is 0 Å². The molecule has 0 bridgehead atoms. The second kappa shape index (κ2) is 4.73. The number of halogens is 2. The summed E-state index contributed by atoms with van der Waals surface area (Å²) < 4.78 is 0. The molecule has 1 aliphatic rings. The van der Waals surface area contributed by atoms with Crippen molar-refractivity contribution in [2.45, 2.75) is 38.3 Å². The number of nitrogens with one attached hydrogen (secondary N) is 1. The van der Waals surface area contributed by atoms with Crippen LogP contribution in [0.4, 0.5) is 0 Å². The molecule has 0 heterocycles. The van der Waals surface area contributed by atoms with Crippen LogP contribution in [0.5, 0.6) is 0 Å². The van der Waals surface area contributed by atoms with Crippen LogP contribution in [0.25, 0.3) is 0 Å². The van der Waals surface area contributed by atoms with E-state index in [-0.39, 0.29) is 0 Å². The van der Waals surface area contributed by atoms with E-state index in [4.69, 9.17) is 23.2 Å². The zero-order valence-electron chi connectivity index (χ0n) is 8.76. The third-order valence-corrected chi connectivity index (χ3v) is 3.36. The summed E-state index contributed by atoms with van der Waals surface area (Å²) in [5, 5.41) is 4.83. The van der Waals surface area contributed by atoms with E-state index >= 15 is 0 Å². The van der Waals surface area contributed by atoms with E-state index in [9.17, 15) is 0 Å². The molecule has 1 aromatic carbocycles. The number of rotatable bonds is 4. The second-order valence-electron chi connectivity index (χ2n) is 4.29. The van der Waals surface area contributed by atoms with Crippen LogP contribution < -0.4 is 5.32 Å². The maximum atomic E-state index is 5.96. The summed E-state index contributed by atoms with van der Waals surface area (Å²) in [5.41, 5.74) is 1.24. The fourth-order valence-electron chi connectivity index (χ4n) is 1.73. The fourth-order valence-corrected chi connectivity index (χ4v) is 2.05. The van der Waals surface area contributed by atoms with Crippen molar-refractivity contribution in [3.63, 3.8) is 0 Å². The van der Waals surface area contributed by atoms with Gasteiger partial charge in [0.15, 0.2) is 0 Å². The molecule has 1 atom stereocenters. The van der Waals surface area contributed by atoms with Gasteiger partial charge in [0, 0.05) is 12.1 Å². The van der Waals surface area contributed by atoms with Gasteiger partial charge in [-0.2, -0.15) is 0 Å². The Balaban J connectivity index is 1.93. The molecule has 2 rings (SSSR count). The van der Waals surface area contributed by atoms with Crippen molar-refractivity contribution in [2.24, 2.45) is 0 Å². The molecule has 0 radical (unpaired) electrons. The van der Waals surface area contributed by atoms with Gasteiger partial charge in [0.2, 0.25) is 0 Å². The monoisotopic (exact) mass is 243 g/mol. The number of benzene rings is 1. The molecule has 1 saturated carbocycles. The molecular weight excluding hydrogens is 229 g/mol. The summed E-state index contributed by atoms with van der Waals surface area (Å²) >= 11 is 11.8. The third-order valence-electron chi connectivity index (χ3n) is 2.62. The van der Waals surface area contributed by atoms with Crippen LogP contribution in [0.1, 0.15) is 25.3 Å². The van der Waals surface area contributed by atoms with Crippen molar-refractivity contribution in [1.29, 1.82) is 0 Å². The van der Waals surface area contributed by atoms with Crippen LogP contribution >= 0.6 is 23.2 Å². The third kappa shape index (κ3) is 3.37. The number of hydrogen-bond acceptors (Lipinski definition) is 1. The Morgan fingerprint density at radius 3 is 2.67 bits per heavy atom. The molecule has 15 heavy (non-hydrogen) atoms. The van der Waals surface area contributed by atoms with Gasteiger partial charge in [-0.25, -0.2) is 0 Å². The van der Waals surface area contributed by atoms with Crippen LogP contribution in [0.15, 0.2) is 18.2 Å². The molecule has 0 amide bonds. The standard InChI is InChI=1S/C12H15Cl2N/c1-8(15-10-3-4-10)6-9-2-5-11(13)12(14)7-9/h2,5,7-8,10,15H,3-4,6H2,1H3. The highest BCUT2D eigenvalue weighted by Crippen LogP contribution is 2.24. The lowest BCUT2D eigenvalue weighted by Crippen LogP contribution is -2.29. The normalized spacial score (nSPS) is 17.8. The molecule has 1 aromatic rings. The van der Waals surface area contributed by atoms with Crippen LogP contribution in [-0.4, -0.2) is 12.1 Å². The minimum absolute atomic E-state index is 0.509. The van der Waals surface area contributed by atoms with Crippen molar-refractivity contribution in [3.8, 4) is 0 Å². The van der Waals surface area contributed by atoms with Crippen LogP contribution in [0, 0.1) is 0 Å². The van der Waals surface area contributed by atoms with Crippen LogP contribution in [0.2, 0.25) is 10.0 Å². The van der Waals surface area contributed by atoms with Gasteiger partial charge >= 0.3 is 0 Å². The summed E-state index contributed by atoms with van der Waals surface area (Å²) in [7, 11) is 0. The first-order valence-corrected chi connectivity index (χ1v) is 6.10. The van der Waals surface area contributed by atoms with E-state index in [0.29, 0.717) is 16.1 Å². The summed E-state index contributed by atoms with van der Waals surface area (Å²) in [6, 6.07) is 7.12. The first-order chi connectivity index (χ1) is 7.15. The van der Waals surface area contributed by atoms with Crippen molar-refractivity contribution < 1.29 is 0 Å². The predicted octanol–water partition coefficient (Wildman–Crippen LogP) is 3.68. The molecular formula is C12H15Cl2N. The average molecular weight is 244 g/mol. The zero-order valence-corrected chi connectivity index (χ0v) is 10.3. The van der Waals surface area contributed by atoms with Crippen molar-refractivity contribution in [2.75, 3.05) is 0 Å². The highest BCUT2D eigenvalue weighted by molar-refractivity contribution is 6.42. The van der Waals surface area contributed by atoms with Gasteiger partial charge in [-0.3, -0.25) is 0 Å². The first-order valence-electron chi connectivity index (χ1n) is 5.35. The van der Waals surface area contributed by atoms with Gasteiger partial charge in [0.05, 0.1) is 10.0 Å². The van der Waals surface area contributed by atoms with E-state index in [1.165, 1.54) is 18.4 Å². The van der Waals surface area contributed by atoms with Gasteiger partial charge < -0.3 is 5.32 Å². The van der Waals surface area contributed by atoms with E-state index in [2.05, 4.69) is 12.2 Å². The first kappa shape index (κ1) is 11.3. The Labute approximate surface area is 101 Å². The lowest BCUT2D eigenvalue weighted by Gasteiger charge is -2.13. The zero-order chi connectivity index (χ0) is 10.8. The molecule has 0 spiro atoms. The maximum absolute atomic E-state index is 5.96. The van der Waals surface area contributed by atoms with Crippen LogP contribution in [0.3, 0.4) is 0 Å². The SMILES string of the molecule is CC(Cc1ccc(Cl)c(Cl)c1)NC1CC1. The Kier molecular flexibility index (Phi) is 3.55. The largest absolute Gasteiger partial charge is 0.311 e. The maximum Gasteiger partial charge on any atom is 0.0595 e. The van der Waals surface area contributed by atoms with Gasteiger partial charge in [-0.05, 0) is 43.9 Å². The minimum atomic E-state index is 0.509. The summed E-state index contributed by atoms with van der Waals surface area (Å²) in [6.07, 6.45) is 3.66. The molecule has 0 aliphatic heterocycles. The molecule has 3 heteroatoms. The highest BCUT2D eigenvalue weighted by atomic mass is 35.5. The van der Waals surface area contributed by atoms with Gasteiger partial charge in [0.1, 0.15) is 0 Å². The minimum Gasteiger partial charge on any atom is -0.311 e. The lowest BCUT2D eigenvalue weighted by molar-refractivity contribution is 0.542. The second-order valence-corrected chi connectivity index (χ2v) is 5.11. The topological polar surface area (TPSA) is 12.0 Å². The van der Waals surface area contributed by atoms with Crippen molar-refractivity contribution in [3.05, 3.63) is 33.8 Å². The summed E-state index contributed by atoms with van der Waals surface area (Å²) in [6.45, 7) is 2.21. The Morgan fingerprint density at radius 2 is 2.07 bits per heavy atom. The quantitative estimate of drug-likeness (QED) is 0.851. The van der Waals surface area contributed by atoms with Gasteiger partial charge in [0.25, 0.3) is 0 Å². The van der Waals surface area contributed by atoms with Gasteiger partial charge in [-0.1, -0.05) is 29.3 Å². The molecule has 0 aromatic heterocycles. The molecule has 1 nitrogen and oxygen atoms in total. The predicted molar refractivity (Wildman–Crippen MR) is 65.8 cm³/mol. The highest BCUT2D eigenvalue weighted by Gasteiger charge is 2.22. The van der Waals surface area contributed by atoms with Crippen LogP contribution in [-0.2, 0) is 6.42 Å². The Hall–Kier alpha value is -0.240. The Bertz CT molecular complexity index is 347. The van der Waals surface area contributed by atoms with E-state index in [1.54, 1.807) is 0 Å². The van der Waals surface area contributed by atoms with Crippen molar-refractivity contribution in [1.82, 2.24) is 5.32 Å². The molecule has 82 valence electrons. The molecule has 1 unspecified atom stereocenters. The van der Waals surface area contributed by atoms with E-state index < -0.39 is 0 Å². The number of hydrogen-bond donors (Lipinski definition) is 1. The molecule has 0 saturated heterocycles. The smallest absolute Gasteiger partial charge is 0.0595 e. The molecule has 1 fully saturated rings. The fraction of sp³-hybridized carbons (Fsp3) is 0.500. The Morgan fingerprint density at radius 1 is 1.33 bits per heavy atom. The summed E-state index contributed by atoms with van der Waals surface area (Å²) in [4.78, 5) is 0. The average Bonchev–Trinajstić information content (AvgIpc) is 2.95. The molecule has 1 N–H and O–H groups in total. The molecule has 1 aliphatic carbocycles.